The van der Waals surface area contributed by atoms with Crippen molar-refractivity contribution in [3.63, 3.8) is 0 Å². The first-order chi connectivity index (χ1) is 7.15. The molecule has 0 aliphatic heterocycles. The second-order valence-corrected chi connectivity index (χ2v) is 4.68. The van der Waals surface area contributed by atoms with Crippen molar-refractivity contribution in [2.75, 3.05) is 7.11 Å². The van der Waals surface area contributed by atoms with Crippen molar-refractivity contribution in [3.8, 4) is 0 Å². The van der Waals surface area contributed by atoms with Gasteiger partial charge in [0.25, 0.3) is 0 Å². The van der Waals surface area contributed by atoms with Crippen LogP contribution in [-0.4, -0.2) is 13.1 Å². The molecule has 1 aromatic rings. The van der Waals surface area contributed by atoms with Crippen LogP contribution in [0.15, 0.2) is 30.3 Å². The summed E-state index contributed by atoms with van der Waals surface area (Å²) in [4.78, 5) is 10.9. The van der Waals surface area contributed by atoms with Gasteiger partial charge in [0.15, 0.2) is 0 Å². The molecule has 0 amide bonds. The van der Waals surface area contributed by atoms with E-state index < -0.39 is 0 Å². The minimum atomic E-state index is -0.361. The molecule has 1 aliphatic carbocycles. The van der Waals surface area contributed by atoms with Crippen molar-refractivity contribution in [3.05, 3.63) is 35.9 Å². The van der Waals surface area contributed by atoms with Crippen molar-refractivity contribution in [1.29, 1.82) is 0 Å². The summed E-state index contributed by atoms with van der Waals surface area (Å²) in [6, 6.07) is 9.89. The van der Waals surface area contributed by atoms with E-state index in [0.717, 1.165) is 5.56 Å². The van der Waals surface area contributed by atoms with Gasteiger partial charge < -0.3 is 4.74 Å². The van der Waals surface area contributed by atoms with Gasteiger partial charge in [-0.15, -0.1) is 11.6 Å². The fraction of sp³-hybridized carbons (Fsp3) is 0.417. The Labute approximate surface area is 94.2 Å². The number of carbonyl (C=O) groups excluding carboxylic acids is 1. The number of hydrogen-bond acceptors (Lipinski definition) is 2. The van der Waals surface area contributed by atoms with Crippen molar-refractivity contribution >= 4 is 17.6 Å². The van der Waals surface area contributed by atoms with E-state index in [4.69, 9.17) is 11.6 Å². The molecule has 1 saturated carbocycles. The number of hydrogen-bond donors (Lipinski definition) is 0. The third-order valence-corrected chi connectivity index (χ3v) is 3.49. The van der Waals surface area contributed by atoms with Crippen LogP contribution in [0.25, 0.3) is 0 Å². The molecule has 0 N–H and O–H groups in total. The Kier molecular flexibility index (Phi) is 2.70. The van der Waals surface area contributed by atoms with Gasteiger partial charge in [0, 0.05) is 0 Å². The summed E-state index contributed by atoms with van der Waals surface area (Å²) < 4.78 is 4.69. The Bertz CT molecular complexity index is 355. The number of esters is 1. The van der Waals surface area contributed by atoms with Gasteiger partial charge in [0.1, 0.15) is 0 Å². The standard InChI is InChI=1S/C12H13ClO2/c1-15-11(14)9-7-12(13,8-9)10-5-3-2-4-6-10/h2-6,9H,7-8H2,1H3. The number of benzene rings is 1. The number of ether oxygens (including phenoxy) is 1. The van der Waals surface area contributed by atoms with Crippen molar-refractivity contribution in [2.45, 2.75) is 17.7 Å². The number of methoxy groups -OCH3 is 1. The maximum absolute atomic E-state index is 11.2. The molecule has 0 bridgehead atoms. The Hall–Kier alpha value is -1.02. The molecule has 3 heteroatoms. The van der Waals surface area contributed by atoms with E-state index in [1.807, 2.05) is 30.3 Å². The molecule has 0 heterocycles. The van der Waals surface area contributed by atoms with Crippen LogP contribution in [0, 0.1) is 5.92 Å². The first kappa shape index (κ1) is 10.5. The molecule has 0 atom stereocenters. The lowest BCUT2D eigenvalue weighted by Crippen LogP contribution is -2.40. The van der Waals surface area contributed by atoms with Gasteiger partial charge in [-0.3, -0.25) is 4.79 Å². The van der Waals surface area contributed by atoms with Crippen LogP contribution in [-0.2, 0) is 14.4 Å². The lowest BCUT2D eigenvalue weighted by atomic mass is 9.70. The van der Waals surface area contributed by atoms with Crippen LogP contribution in [0.3, 0.4) is 0 Å². The van der Waals surface area contributed by atoms with Gasteiger partial charge in [0.05, 0.1) is 17.9 Å². The zero-order valence-corrected chi connectivity index (χ0v) is 9.33. The molecule has 2 nitrogen and oxygen atoms in total. The number of alkyl halides is 1. The minimum absolute atomic E-state index is 0.0345. The highest BCUT2D eigenvalue weighted by Crippen LogP contribution is 2.51. The van der Waals surface area contributed by atoms with Gasteiger partial charge in [-0.05, 0) is 18.4 Å². The van der Waals surface area contributed by atoms with E-state index in [0.29, 0.717) is 12.8 Å². The zero-order chi connectivity index (χ0) is 10.9. The normalized spacial score (nSPS) is 29.3. The fourth-order valence-electron chi connectivity index (χ4n) is 2.03. The Balaban J connectivity index is 2.06. The van der Waals surface area contributed by atoms with Crippen molar-refractivity contribution in [1.82, 2.24) is 0 Å². The van der Waals surface area contributed by atoms with Crippen LogP contribution < -0.4 is 0 Å². The molecule has 0 radical (unpaired) electrons. The summed E-state index contributed by atoms with van der Waals surface area (Å²) in [6.45, 7) is 0. The molecule has 0 spiro atoms. The number of carbonyl (C=O) groups is 1. The summed E-state index contributed by atoms with van der Waals surface area (Å²) in [5.74, 6) is -0.185. The zero-order valence-electron chi connectivity index (χ0n) is 8.57. The molecule has 0 saturated heterocycles. The number of rotatable bonds is 2. The predicted molar refractivity (Wildman–Crippen MR) is 58.7 cm³/mol. The van der Waals surface area contributed by atoms with Gasteiger partial charge in [-0.25, -0.2) is 0 Å². The quantitative estimate of drug-likeness (QED) is 0.570. The maximum atomic E-state index is 11.2. The first-order valence-electron chi connectivity index (χ1n) is 4.98. The SMILES string of the molecule is COC(=O)C1CC(Cl)(c2ccccc2)C1. The topological polar surface area (TPSA) is 26.3 Å². The van der Waals surface area contributed by atoms with E-state index in [-0.39, 0.29) is 16.8 Å². The second kappa shape index (κ2) is 3.86. The molecule has 15 heavy (non-hydrogen) atoms. The molecule has 0 aromatic heterocycles. The monoisotopic (exact) mass is 224 g/mol. The molecule has 0 unspecified atom stereocenters. The second-order valence-electron chi connectivity index (χ2n) is 3.96. The molecular formula is C12H13ClO2. The minimum Gasteiger partial charge on any atom is -0.469 e. The average molecular weight is 225 g/mol. The van der Waals surface area contributed by atoms with Crippen LogP contribution in [0.5, 0.6) is 0 Å². The van der Waals surface area contributed by atoms with Crippen LogP contribution >= 0.6 is 11.6 Å². The Morgan fingerprint density at radius 3 is 2.53 bits per heavy atom. The molecule has 1 aliphatic rings. The first-order valence-corrected chi connectivity index (χ1v) is 5.36. The van der Waals surface area contributed by atoms with E-state index in [1.165, 1.54) is 7.11 Å². The van der Waals surface area contributed by atoms with Gasteiger partial charge in [0.2, 0.25) is 0 Å². The number of halogens is 1. The fourth-order valence-corrected chi connectivity index (χ4v) is 2.53. The lowest BCUT2D eigenvalue weighted by molar-refractivity contribution is -0.149. The third-order valence-electron chi connectivity index (χ3n) is 2.97. The van der Waals surface area contributed by atoms with Crippen LogP contribution in [0.2, 0.25) is 0 Å². The van der Waals surface area contributed by atoms with Crippen LogP contribution in [0.1, 0.15) is 18.4 Å². The molecule has 2 rings (SSSR count). The summed E-state index contributed by atoms with van der Waals surface area (Å²) in [7, 11) is 1.42. The summed E-state index contributed by atoms with van der Waals surface area (Å²) in [5, 5.41) is 0. The highest BCUT2D eigenvalue weighted by molar-refractivity contribution is 6.25. The van der Waals surface area contributed by atoms with Gasteiger partial charge in [-0.1, -0.05) is 30.3 Å². The predicted octanol–water partition coefficient (Wildman–Crippen LogP) is 2.70. The van der Waals surface area contributed by atoms with E-state index in [9.17, 15) is 4.79 Å². The van der Waals surface area contributed by atoms with Crippen molar-refractivity contribution in [2.24, 2.45) is 5.92 Å². The maximum Gasteiger partial charge on any atom is 0.308 e. The van der Waals surface area contributed by atoms with Gasteiger partial charge >= 0.3 is 5.97 Å². The van der Waals surface area contributed by atoms with Gasteiger partial charge in [-0.2, -0.15) is 0 Å². The molecule has 1 fully saturated rings. The van der Waals surface area contributed by atoms with E-state index in [2.05, 4.69) is 4.74 Å². The Morgan fingerprint density at radius 1 is 1.40 bits per heavy atom. The van der Waals surface area contributed by atoms with Crippen molar-refractivity contribution < 1.29 is 9.53 Å². The summed E-state index contributed by atoms with van der Waals surface area (Å²) in [5.41, 5.74) is 1.09. The largest absolute Gasteiger partial charge is 0.469 e. The summed E-state index contributed by atoms with van der Waals surface area (Å²) in [6.07, 6.45) is 1.34. The van der Waals surface area contributed by atoms with Crippen LogP contribution in [0.4, 0.5) is 0 Å². The Morgan fingerprint density at radius 2 is 2.00 bits per heavy atom. The van der Waals surface area contributed by atoms with E-state index >= 15 is 0 Å². The molecular weight excluding hydrogens is 212 g/mol. The average Bonchev–Trinajstić information content (AvgIpc) is 2.25. The third kappa shape index (κ3) is 1.86. The highest BCUT2D eigenvalue weighted by Gasteiger charge is 2.47. The molecule has 1 aromatic carbocycles. The molecule has 80 valence electrons. The summed E-state index contributed by atoms with van der Waals surface area (Å²) >= 11 is 6.42. The lowest BCUT2D eigenvalue weighted by Gasteiger charge is -2.41. The highest BCUT2D eigenvalue weighted by atomic mass is 35.5. The smallest absolute Gasteiger partial charge is 0.308 e. The van der Waals surface area contributed by atoms with E-state index in [1.54, 1.807) is 0 Å².